The normalized spacial score (nSPS) is 17.0. The monoisotopic (exact) mass is 143 g/mol. The van der Waals surface area contributed by atoms with Gasteiger partial charge in [-0.1, -0.05) is 0 Å². The van der Waals surface area contributed by atoms with Crippen molar-refractivity contribution in [2.45, 2.75) is 25.3 Å². The summed E-state index contributed by atoms with van der Waals surface area (Å²) in [7, 11) is 1.80. The van der Waals surface area contributed by atoms with Gasteiger partial charge >= 0.3 is 0 Å². The molecule has 58 valence electrons. The molecule has 10 heavy (non-hydrogen) atoms. The van der Waals surface area contributed by atoms with Gasteiger partial charge in [-0.25, -0.2) is 0 Å². The van der Waals surface area contributed by atoms with Crippen molar-refractivity contribution >= 4 is 5.91 Å². The maximum Gasteiger partial charge on any atom is 0.224 e. The molecule has 1 fully saturated rings. The molecule has 0 atom stereocenters. The first kappa shape index (κ1) is 7.54. The van der Waals surface area contributed by atoms with Crippen molar-refractivity contribution in [3.8, 4) is 0 Å². The Morgan fingerprint density at radius 2 is 2.30 bits per heavy atom. The average Bonchev–Trinajstić information content (AvgIpc) is 2.68. The molecule has 0 aromatic rings. The molecule has 1 rings (SSSR count). The molecule has 1 saturated carbocycles. The zero-order valence-corrected chi connectivity index (χ0v) is 6.21. The minimum Gasteiger partial charge on any atom is -0.396 e. The van der Waals surface area contributed by atoms with Gasteiger partial charge in [-0.3, -0.25) is 4.79 Å². The first-order chi connectivity index (χ1) is 4.75. The minimum absolute atomic E-state index is 0.0319. The van der Waals surface area contributed by atoms with Gasteiger partial charge in [-0.05, 0) is 12.8 Å². The van der Waals surface area contributed by atoms with Crippen LogP contribution in [0.15, 0.2) is 0 Å². The number of aliphatic hydroxyl groups is 1. The van der Waals surface area contributed by atoms with Crippen LogP contribution < -0.4 is 0 Å². The highest BCUT2D eigenvalue weighted by Gasteiger charge is 2.28. The highest BCUT2D eigenvalue weighted by Crippen LogP contribution is 2.25. The second-order valence-corrected chi connectivity index (χ2v) is 2.71. The summed E-state index contributed by atoms with van der Waals surface area (Å²) in [4.78, 5) is 12.7. The Kier molecular flexibility index (Phi) is 2.27. The lowest BCUT2D eigenvalue weighted by molar-refractivity contribution is -0.131. The standard InChI is InChI=1S/C7H13NO2/c1-8(6-2-3-6)7(10)4-5-9/h6,9H,2-5H2,1H3. The van der Waals surface area contributed by atoms with E-state index in [0.717, 1.165) is 12.8 Å². The van der Waals surface area contributed by atoms with Crippen LogP contribution in [0.4, 0.5) is 0 Å². The van der Waals surface area contributed by atoms with E-state index in [4.69, 9.17) is 5.11 Å². The largest absolute Gasteiger partial charge is 0.396 e. The number of amides is 1. The maximum atomic E-state index is 11.0. The zero-order valence-electron chi connectivity index (χ0n) is 6.21. The highest BCUT2D eigenvalue weighted by molar-refractivity contribution is 5.76. The third-order valence-electron chi connectivity index (χ3n) is 1.81. The van der Waals surface area contributed by atoms with E-state index in [1.165, 1.54) is 0 Å². The molecule has 0 heterocycles. The Bertz CT molecular complexity index is 132. The molecule has 3 heteroatoms. The fourth-order valence-corrected chi connectivity index (χ4v) is 0.937. The summed E-state index contributed by atoms with van der Waals surface area (Å²) in [6, 6.07) is 0.471. The SMILES string of the molecule is CN(C(=O)CCO)C1CC1. The van der Waals surface area contributed by atoms with E-state index < -0.39 is 0 Å². The third kappa shape index (κ3) is 1.70. The lowest BCUT2D eigenvalue weighted by Crippen LogP contribution is -2.29. The summed E-state index contributed by atoms with van der Waals surface area (Å²) in [5, 5.41) is 8.44. The van der Waals surface area contributed by atoms with Crippen LogP contribution in [0.5, 0.6) is 0 Å². The Morgan fingerprint density at radius 3 is 2.70 bits per heavy atom. The van der Waals surface area contributed by atoms with Crippen molar-refractivity contribution in [1.29, 1.82) is 0 Å². The Hall–Kier alpha value is -0.570. The van der Waals surface area contributed by atoms with Crippen molar-refractivity contribution < 1.29 is 9.90 Å². The number of rotatable bonds is 3. The first-order valence-electron chi connectivity index (χ1n) is 3.62. The maximum absolute atomic E-state index is 11.0. The fraction of sp³-hybridized carbons (Fsp3) is 0.857. The Labute approximate surface area is 60.6 Å². The number of carbonyl (C=O) groups is 1. The number of carbonyl (C=O) groups excluding carboxylic acids is 1. The van der Waals surface area contributed by atoms with E-state index in [1.54, 1.807) is 11.9 Å². The van der Waals surface area contributed by atoms with Crippen molar-refractivity contribution in [2.24, 2.45) is 0 Å². The Morgan fingerprint density at radius 1 is 1.70 bits per heavy atom. The lowest BCUT2D eigenvalue weighted by Gasteiger charge is -2.14. The van der Waals surface area contributed by atoms with Gasteiger partial charge in [0.05, 0.1) is 6.61 Å². The van der Waals surface area contributed by atoms with Crippen LogP contribution in [0.25, 0.3) is 0 Å². The molecule has 0 aromatic carbocycles. The molecule has 0 aliphatic heterocycles. The summed E-state index contributed by atoms with van der Waals surface area (Å²) in [6.45, 7) is -0.0319. The summed E-state index contributed by atoms with van der Waals surface area (Å²) in [6.07, 6.45) is 2.54. The number of nitrogens with zero attached hydrogens (tertiary/aromatic N) is 1. The topological polar surface area (TPSA) is 40.5 Å². The number of hydrogen-bond donors (Lipinski definition) is 1. The van der Waals surface area contributed by atoms with E-state index in [9.17, 15) is 4.79 Å². The molecule has 0 radical (unpaired) electrons. The van der Waals surface area contributed by atoms with Crippen LogP contribution in [0, 0.1) is 0 Å². The fourth-order valence-electron chi connectivity index (χ4n) is 0.937. The summed E-state index contributed by atoms with van der Waals surface area (Å²) in [5.74, 6) is 0.0602. The van der Waals surface area contributed by atoms with Gasteiger partial charge in [-0.15, -0.1) is 0 Å². The zero-order chi connectivity index (χ0) is 7.56. The van der Waals surface area contributed by atoms with E-state index in [2.05, 4.69) is 0 Å². The molecule has 0 aromatic heterocycles. The molecule has 0 saturated heterocycles. The van der Waals surface area contributed by atoms with Crippen molar-refractivity contribution in [3.63, 3.8) is 0 Å². The molecule has 1 aliphatic carbocycles. The van der Waals surface area contributed by atoms with E-state index in [-0.39, 0.29) is 18.9 Å². The smallest absolute Gasteiger partial charge is 0.224 e. The minimum atomic E-state index is -0.0319. The van der Waals surface area contributed by atoms with E-state index in [1.807, 2.05) is 0 Å². The second kappa shape index (κ2) is 3.01. The molecule has 1 amide bonds. The van der Waals surface area contributed by atoms with Crippen LogP contribution >= 0.6 is 0 Å². The quantitative estimate of drug-likeness (QED) is 0.603. The van der Waals surface area contributed by atoms with Crippen molar-refractivity contribution in [2.75, 3.05) is 13.7 Å². The van der Waals surface area contributed by atoms with Gasteiger partial charge < -0.3 is 10.0 Å². The van der Waals surface area contributed by atoms with E-state index >= 15 is 0 Å². The van der Waals surface area contributed by atoms with Crippen LogP contribution in [0.3, 0.4) is 0 Å². The van der Waals surface area contributed by atoms with Crippen LogP contribution in [0.1, 0.15) is 19.3 Å². The molecule has 3 nitrogen and oxygen atoms in total. The Balaban J connectivity index is 2.24. The van der Waals surface area contributed by atoms with Gasteiger partial charge in [0.2, 0.25) is 5.91 Å². The van der Waals surface area contributed by atoms with Crippen LogP contribution in [-0.4, -0.2) is 35.6 Å². The first-order valence-corrected chi connectivity index (χ1v) is 3.62. The second-order valence-electron chi connectivity index (χ2n) is 2.71. The van der Waals surface area contributed by atoms with Gasteiger partial charge in [0.25, 0.3) is 0 Å². The number of hydrogen-bond acceptors (Lipinski definition) is 2. The van der Waals surface area contributed by atoms with E-state index in [0.29, 0.717) is 6.04 Å². The third-order valence-corrected chi connectivity index (χ3v) is 1.81. The molecule has 0 spiro atoms. The van der Waals surface area contributed by atoms with Gasteiger partial charge in [0.15, 0.2) is 0 Å². The highest BCUT2D eigenvalue weighted by atomic mass is 16.3. The van der Waals surface area contributed by atoms with Crippen LogP contribution in [0.2, 0.25) is 0 Å². The van der Waals surface area contributed by atoms with Crippen molar-refractivity contribution in [3.05, 3.63) is 0 Å². The molecule has 0 bridgehead atoms. The van der Waals surface area contributed by atoms with Gasteiger partial charge in [0, 0.05) is 19.5 Å². The predicted molar refractivity (Wildman–Crippen MR) is 37.5 cm³/mol. The summed E-state index contributed by atoms with van der Waals surface area (Å²) < 4.78 is 0. The van der Waals surface area contributed by atoms with Gasteiger partial charge in [-0.2, -0.15) is 0 Å². The summed E-state index contributed by atoms with van der Waals surface area (Å²) in [5.41, 5.74) is 0. The molecular formula is C7H13NO2. The lowest BCUT2D eigenvalue weighted by atomic mass is 10.4. The molecule has 0 unspecified atom stereocenters. The van der Waals surface area contributed by atoms with Gasteiger partial charge in [0.1, 0.15) is 0 Å². The number of aliphatic hydroxyl groups excluding tert-OH is 1. The van der Waals surface area contributed by atoms with Crippen LogP contribution in [-0.2, 0) is 4.79 Å². The average molecular weight is 143 g/mol. The van der Waals surface area contributed by atoms with Crippen molar-refractivity contribution in [1.82, 2.24) is 4.90 Å². The predicted octanol–water partition coefficient (Wildman–Crippen LogP) is -0.0104. The molecular weight excluding hydrogens is 130 g/mol. The molecule has 1 aliphatic rings. The molecule has 1 N–H and O–H groups in total. The summed E-state index contributed by atoms with van der Waals surface area (Å²) >= 11 is 0.